The van der Waals surface area contributed by atoms with Gasteiger partial charge in [-0.25, -0.2) is 4.98 Å². The van der Waals surface area contributed by atoms with E-state index in [1.165, 1.54) is 18.8 Å². The highest BCUT2D eigenvalue weighted by Gasteiger charge is 2.27. The third kappa shape index (κ3) is 2.09. The van der Waals surface area contributed by atoms with Gasteiger partial charge in [-0.2, -0.15) is 0 Å². The van der Waals surface area contributed by atoms with E-state index in [4.69, 9.17) is 11.6 Å². The van der Waals surface area contributed by atoms with Crippen molar-refractivity contribution in [3.63, 3.8) is 0 Å². The Morgan fingerprint density at radius 1 is 1.53 bits per heavy atom. The molecule has 4 nitrogen and oxygen atoms in total. The molecule has 1 amide bonds. The summed E-state index contributed by atoms with van der Waals surface area (Å²) in [5, 5.41) is 0.253. The Kier molecular flexibility index (Phi) is 2.86. The largest absolute Gasteiger partial charge is 0.337 e. The molecule has 1 heterocycles. The van der Waals surface area contributed by atoms with Crippen LogP contribution in [-0.4, -0.2) is 33.9 Å². The van der Waals surface area contributed by atoms with E-state index in [2.05, 4.69) is 9.97 Å². The molecule has 1 fully saturated rings. The number of aromatic nitrogens is 2. The minimum atomic E-state index is -0.102. The smallest absolute Gasteiger partial charge is 0.274 e. The van der Waals surface area contributed by atoms with Crippen molar-refractivity contribution in [1.29, 1.82) is 0 Å². The number of amides is 1. The molecule has 5 heteroatoms. The van der Waals surface area contributed by atoms with Crippen molar-refractivity contribution in [2.24, 2.45) is 0 Å². The number of halogens is 1. The van der Waals surface area contributed by atoms with Gasteiger partial charge in [0.15, 0.2) is 0 Å². The Morgan fingerprint density at radius 2 is 2.27 bits per heavy atom. The predicted octanol–water partition coefficient (Wildman–Crippen LogP) is 1.75. The van der Waals surface area contributed by atoms with Gasteiger partial charge in [-0.1, -0.05) is 11.6 Å². The predicted molar refractivity (Wildman–Crippen MR) is 56.8 cm³/mol. The molecule has 0 bridgehead atoms. The highest BCUT2D eigenvalue weighted by molar-refractivity contribution is 6.29. The Hall–Kier alpha value is -1.16. The Balaban J connectivity index is 2.12. The third-order valence-electron chi connectivity index (χ3n) is 2.77. The fraction of sp³-hybridized carbons (Fsp3) is 0.500. The maximum atomic E-state index is 11.9. The van der Waals surface area contributed by atoms with Gasteiger partial charge >= 0.3 is 0 Å². The lowest BCUT2D eigenvalue weighted by Crippen LogP contribution is -2.41. The molecule has 0 spiro atoms. The second-order valence-electron chi connectivity index (χ2n) is 3.73. The monoisotopic (exact) mass is 225 g/mol. The first kappa shape index (κ1) is 10.4. The molecule has 2 rings (SSSR count). The van der Waals surface area contributed by atoms with E-state index in [1.807, 2.05) is 0 Å². The highest BCUT2D eigenvalue weighted by Crippen LogP contribution is 2.24. The summed E-state index contributed by atoms with van der Waals surface area (Å²) in [5.74, 6) is -0.102. The standard InChI is InChI=1S/C10H12ClN3O/c1-14(7-3-2-4-7)10(15)8-5-12-6-9(11)13-8/h5-7H,2-4H2,1H3. The molecule has 0 unspecified atom stereocenters. The quantitative estimate of drug-likeness (QED) is 0.771. The Labute approximate surface area is 93.3 Å². The van der Waals surface area contributed by atoms with Gasteiger partial charge in [0.25, 0.3) is 5.91 Å². The zero-order valence-electron chi connectivity index (χ0n) is 8.48. The molecule has 0 saturated heterocycles. The molecule has 0 aliphatic heterocycles. The van der Waals surface area contributed by atoms with Crippen molar-refractivity contribution < 1.29 is 4.79 Å². The van der Waals surface area contributed by atoms with Crippen molar-refractivity contribution >= 4 is 17.5 Å². The number of hydrogen-bond donors (Lipinski definition) is 0. The van der Waals surface area contributed by atoms with Gasteiger partial charge in [-0.3, -0.25) is 9.78 Å². The van der Waals surface area contributed by atoms with Crippen LogP contribution in [0.1, 0.15) is 29.8 Å². The van der Waals surface area contributed by atoms with Crippen molar-refractivity contribution in [3.05, 3.63) is 23.2 Å². The first-order chi connectivity index (χ1) is 7.18. The van der Waals surface area contributed by atoms with E-state index < -0.39 is 0 Å². The van der Waals surface area contributed by atoms with Gasteiger partial charge in [0.2, 0.25) is 0 Å². The fourth-order valence-electron chi connectivity index (χ4n) is 1.57. The molecule has 1 saturated carbocycles. The number of rotatable bonds is 2. The van der Waals surface area contributed by atoms with Crippen molar-refractivity contribution in [2.75, 3.05) is 7.05 Å². The van der Waals surface area contributed by atoms with Gasteiger partial charge in [0.1, 0.15) is 10.8 Å². The number of carbonyl (C=O) groups is 1. The van der Waals surface area contributed by atoms with E-state index in [9.17, 15) is 4.79 Å². The van der Waals surface area contributed by atoms with Crippen LogP contribution in [-0.2, 0) is 0 Å². The van der Waals surface area contributed by atoms with Crippen LogP contribution >= 0.6 is 11.6 Å². The van der Waals surface area contributed by atoms with Crippen LogP contribution in [0.2, 0.25) is 5.15 Å². The lowest BCUT2D eigenvalue weighted by Gasteiger charge is -2.34. The molecule has 15 heavy (non-hydrogen) atoms. The summed E-state index contributed by atoms with van der Waals surface area (Å²) in [6, 6.07) is 0.360. The molecule has 1 aromatic heterocycles. The van der Waals surface area contributed by atoms with Gasteiger partial charge in [-0.05, 0) is 19.3 Å². The Morgan fingerprint density at radius 3 is 2.80 bits per heavy atom. The van der Waals surface area contributed by atoms with E-state index in [-0.39, 0.29) is 11.1 Å². The average molecular weight is 226 g/mol. The molecule has 0 aromatic carbocycles. The summed E-state index contributed by atoms with van der Waals surface area (Å²) in [6.45, 7) is 0. The lowest BCUT2D eigenvalue weighted by molar-refractivity contribution is 0.0645. The van der Waals surface area contributed by atoms with Crippen LogP contribution in [0.3, 0.4) is 0 Å². The molecular weight excluding hydrogens is 214 g/mol. The van der Waals surface area contributed by atoms with E-state index in [0.717, 1.165) is 12.8 Å². The first-order valence-electron chi connectivity index (χ1n) is 4.93. The normalized spacial score (nSPS) is 15.9. The maximum Gasteiger partial charge on any atom is 0.274 e. The van der Waals surface area contributed by atoms with Gasteiger partial charge < -0.3 is 4.90 Å². The van der Waals surface area contributed by atoms with Crippen LogP contribution in [0, 0.1) is 0 Å². The molecular formula is C10H12ClN3O. The van der Waals surface area contributed by atoms with Crippen molar-refractivity contribution in [1.82, 2.24) is 14.9 Å². The van der Waals surface area contributed by atoms with Crippen LogP contribution in [0.4, 0.5) is 0 Å². The van der Waals surface area contributed by atoms with Crippen molar-refractivity contribution in [3.8, 4) is 0 Å². The molecule has 1 aliphatic carbocycles. The van der Waals surface area contributed by atoms with Crippen LogP contribution in [0.15, 0.2) is 12.4 Å². The number of hydrogen-bond acceptors (Lipinski definition) is 3. The molecule has 0 N–H and O–H groups in total. The molecule has 0 atom stereocenters. The second kappa shape index (κ2) is 4.14. The van der Waals surface area contributed by atoms with E-state index in [0.29, 0.717) is 11.7 Å². The second-order valence-corrected chi connectivity index (χ2v) is 4.12. The van der Waals surface area contributed by atoms with E-state index in [1.54, 1.807) is 11.9 Å². The minimum Gasteiger partial charge on any atom is -0.337 e. The third-order valence-corrected chi connectivity index (χ3v) is 2.95. The highest BCUT2D eigenvalue weighted by atomic mass is 35.5. The average Bonchev–Trinajstić information content (AvgIpc) is 2.14. The van der Waals surface area contributed by atoms with Crippen LogP contribution in [0.5, 0.6) is 0 Å². The number of carbonyl (C=O) groups excluding carboxylic acids is 1. The van der Waals surface area contributed by atoms with Gasteiger partial charge in [0, 0.05) is 13.1 Å². The fourth-order valence-corrected chi connectivity index (χ4v) is 1.71. The van der Waals surface area contributed by atoms with Crippen LogP contribution in [0.25, 0.3) is 0 Å². The molecule has 1 aromatic rings. The maximum absolute atomic E-state index is 11.9. The summed E-state index contributed by atoms with van der Waals surface area (Å²) in [7, 11) is 1.80. The zero-order valence-corrected chi connectivity index (χ0v) is 9.24. The molecule has 1 aliphatic rings. The summed E-state index contributed by atoms with van der Waals surface area (Å²) in [6.07, 6.45) is 6.22. The van der Waals surface area contributed by atoms with Crippen LogP contribution < -0.4 is 0 Å². The summed E-state index contributed by atoms with van der Waals surface area (Å²) >= 11 is 5.68. The first-order valence-corrected chi connectivity index (χ1v) is 5.31. The summed E-state index contributed by atoms with van der Waals surface area (Å²) in [5.41, 5.74) is 0.317. The molecule has 0 radical (unpaired) electrons. The summed E-state index contributed by atoms with van der Waals surface area (Å²) < 4.78 is 0. The Bertz CT molecular complexity index is 379. The lowest BCUT2D eigenvalue weighted by atomic mass is 9.92. The SMILES string of the molecule is CN(C(=O)c1cncc(Cl)n1)C1CCC1. The summed E-state index contributed by atoms with van der Waals surface area (Å²) in [4.78, 5) is 21.4. The minimum absolute atomic E-state index is 0.102. The topological polar surface area (TPSA) is 46.1 Å². The van der Waals surface area contributed by atoms with Gasteiger partial charge in [-0.15, -0.1) is 0 Å². The number of nitrogens with zero attached hydrogens (tertiary/aromatic N) is 3. The zero-order chi connectivity index (χ0) is 10.8. The van der Waals surface area contributed by atoms with Crippen molar-refractivity contribution in [2.45, 2.75) is 25.3 Å². The van der Waals surface area contributed by atoms with Gasteiger partial charge in [0.05, 0.1) is 12.4 Å². The van der Waals surface area contributed by atoms with E-state index >= 15 is 0 Å². The molecule has 80 valence electrons.